The van der Waals surface area contributed by atoms with Gasteiger partial charge in [0, 0.05) is 31.4 Å². The molecular formula is C29H30N4. The summed E-state index contributed by atoms with van der Waals surface area (Å²) in [6.07, 6.45) is 5.25. The van der Waals surface area contributed by atoms with Gasteiger partial charge in [-0.15, -0.1) is 0 Å². The largest absolute Gasteiger partial charge is 0.326 e. The first-order valence-corrected chi connectivity index (χ1v) is 11.8. The summed E-state index contributed by atoms with van der Waals surface area (Å²) >= 11 is 0. The van der Waals surface area contributed by atoms with Crippen molar-refractivity contribution in [1.82, 2.24) is 14.9 Å². The molecule has 4 aromatic rings. The van der Waals surface area contributed by atoms with E-state index in [-0.39, 0.29) is 6.04 Å². The van der Waals surface area contributed by atoms with Crippen molar-refractivity contribution in [3.8, 4) is 11.3 Å². The Balaban J connectivity index is 1.50. The minimum atomic E-state index is 0.258. The third kappa shape index (κ3) is 5.03. The topological polar surface area (TPSA) is 55.0 Å². The van der Waals surface area contributed by atoms with Crippen LogP contribution in [0.15, 0.2) is 91.1 Å². The molecule has 33 heavy (non-hydrogen) atoms. The molecule has 0 radical (unpaired) electrons. The summed E-state index contributed by atoms with van der Waals surface area (Å²) in [4.78, 5) is 12.4. The molecule has 0 bridgehead atoms. The van der Waals surface area contributed by atoms with Crippen molar-refractivity contribution in [2.24, 2.45) is 5.73 Å². The van der Waals surface area contributed by atoms with Crippen LogP contribution >= 0.6 is 0 Å². The Morgan fingerprint density at radius 3 is 2.36 bits per heavy atom. The van der Waals surface area contributed by atoms with Crippen LogP contribution in [0.4, 0.5) is 0 Å². The molecule has 0 saturated heterocycles. The maximum Gasteiger partial charge on any atom is 0.0706 e. The fourth-order valence-corrected chi connectivity index (χ4v) is 4.74. The quantitative estimate of drug-likeness (QED) is 0.406. The number of nitrogens with zero attached hydrogens (tertiary/aromatic N) is 3. The lowest BCUT2D eigenvalue weighted by Gasteiger charge is -2.35. The molecule has 0 spiro atoms. The highest BCUT2D eigenvalue weighted by Crippen LogP contribution is 2.36. The van der Waals surface area contributed by atoms with Crippen molar-refractivity contribution >= 4 is 0 Å². The number of aryl methyl sites for hydroxylation is 1. The zero-order valence-corrected chi connectivity index (χ0v) is 18.9. The summed E-state index contributed by atoms with van der Waals surface area (Å²) < 4.78 is 0. The average molecular weight is 435 g/mol. The van der Waals surface area contributed by atoms with Crippen LogP contribution in [-0.2, 0) is 26.1 Å². The summed E-state index contributed by atoms with van der Waals surface area (Å²) in [6, 6.07) is 30.0. The highest BCUT2D eigenvalue weighted by atomic mass is 15.2. The monoisotopic (exact) mass is 434 g/mol. The molecule has 1 atom stereocenters. The number of aromatic nitrogens is 2. The van der Waals surface area contributed by atoms with Gasteiger partial charge in [-0.3, -0.25) is 14.9 Å². The summed E-state index contributed by atoms with van der Waals surface area (Å²) in [7, 11) is 0. The summed E-state index contributed by atoms with van der Waals surface area (Å²) in [5.74, 6) is 0. The Hall–Kier alpha value is -3.34. The number of hydrogen-bond donors (Lipinski definition) is 1. The Kier molecular flexibility index (Phi) is 6.56. The number of hydrogen-bond acceptors (Lipinski definition) is 4. The van der Waals surface area contributed by atoms with Crippen LogP contribution in [0.1, 0.15) is 47.0 Å². The molecule has 0 amide bonds. The third-order valence-electron chi connectivity index (χ3n) is 6.50. The minimum absolute atomic E-state index is 0.258. The van der Waals surface area contributed by atoms with Gasteiger partial charge in [-0.25, -0.2) is 0 Å². The lowest BCUT2D eigenvalue weighted by molar-refractivity contribution is 0.155. The molecule has 2 heterocycles. The molecule has 0 saturated carbocycles. The zero-order chi connectivity index (χ0) is 22.5. The van der Waals surface area contributed by atoms with E-state index < -0.39 is 0 Å². The molecule has 2 aromatic carbocycles. The fourth-order valence-electron chi connectivity index (χ4n) is 4.74. The molecule has 1 unspecified atom stereocenters. The van der Waals surface area contributed by atoms with Crippen LogP contribution < -0.4 is 5.73 Å². The van der Waals surface area contributed by atoms with Gasteiger partial charge in [-0.2, -0.15) is 0 Å². The lowest BCUT2D eigenvalue weighted by Crippen LogP contribution is -2.32. The van der Waals surface area contributed by atoms with E-state index >= 15 is 0 Å². The van der Waals surface area contributed by atoms with Crippen LogP contribution in [0.3, 0.4) is 0 Å². The van der Waals surface area contributed by atoms with Gasteiger partial charge in [-0.1, -0.05) is 66.7 Å². The first-order valence-electron chi connectivity index (χ1n) is 11.8. The highest BCUT2D eigenvalue weighted by molar-refractivity contribution is 5.59. The van der Waals surface area contributed by atoms with Crippen LogP contribution in [0.2, 0.25) is 0 Å². The molecule has 2 aromatic heterocycles. The smallest absolute Gasteiger partial charge is 0.0706 e. The first kappa shape index (κ1) is 21.5. The van der Waals surface area contributed by atoms with Crippen molar-refractivity contribution in [2.45, 2.75) is 44.9 Å². The zero-order valence-electron chi connectivity index (χ0n) is 18.9. The molecule has 4 heteroatoms. The van der Waals surface area contributed by atoms with E-state index in [0.717, 1.165) is 42.9 Å². The second-order valence-corrected chi connectivity index (χ2v) is 8.76. The summed E-state index contributed by atoms with van der Waals surface area (Å²) in [5.41, 5.74) is 14.1. The average Bonchev–Trinajstić information content (AvgIpc) is 2.89. The van der Waals surface area contributed by atoms with E-state index in [0.29, 0.717) is 6.54 Å². The number of nitrogens with two attached hydrogens (primary N) is 1. The molecule has 0 aliphatic heterocycles. The Bertz CT molecular complexity index is 1170. The predicted molar refractivity (Wildman–Crippen MR) is 133 cm³/mol. The lowest BCUT2D eigenvalue weighted by atomic mass is 9.89. The summed E-state index contributed by atoms with van der Waals surface area (Å²) in [5, 5.41) is 0. The van der Waals surface area contributed by atoms with Crippen LogP contribution in [-0.4, -0.2) is 14.9 Å². The van der Waals surface area contributed by atoms with Gasteiger partial charge in [0.2, 0.25) is 0 Å². The number of benzene rings is 2. The molecule has 5 rings (SSSR count). The Morgan fingerprint density at radius 2 is 1.61 bits per heavy atom. The summed E-state index contributed by atoms with van der Waals surface area (Å²) in [6.45, 7) is 2.21. The highest BCUT2D eigenvalue weighted by Gasteiger charge is 2.28. The molecule has 0 fully saturated rings. The number of pyridine rings is 2. The third-order valence-corrected chi connectivity index (χ3v) is 6.50. The van der Waals surface area contributed by atoms with Crippen molar-refractivity contribution in [1.29, 1.82) is 0 Å². The van der Waals surface area contributed by atoms with E-state index in [1.807, 2.05) is 12.3 Å². The van der Waals surface area contributed by atoms with E-state index in [9.17, 15) is 0 Å². The predicted octanol–water partition coefficient (Wildman–Crippen LogP) is 5.68. The van der Waals surface area contributed by atoms with Crippen LogP contribution in [0.5, 0.6) is 0 Å². The van der Waals surface area contributed by atoms with Crippen molar-refractivity contribution in [3.63, 3.8) is 0 Å². The van der Waals surface area contributed by atoms with E-state index in [4.69, 9.17) is 10.7 Å². The molecule has 1 aliphatic rings. The SMILES string of the molecule is NCc1ccc(CN(Cc2ccccn2)C2CCCc3ccc(-c4ccccc4)nc32)cc1. The van der Waals surface area contributed by atoms with Crippen LogP contribution in [0, 0.1) is 0 Å². The van der Waals surface area contributed by atoms with Gasteiger partial charge < -0.3 is 5.73 Å². The molecule has 1 aliphatic carbocycles. The second kappa shape index (κ2) is 10.1. The standard InChI is InChI=1S/C29H30N4/c30-19-22-12-14-23(15-13-22)20-33(21-26-10-4-5-18-31-26)28-11-6-9-25-16-17-27(32-29(25)28)24-7-2-1-3-8-24/h1-5,7-8,10,12-18,28H,6,9,11,19-21,30H2. The second-order valence-electron chi connectivity index (χ2n) is 8.76. The normalized spacial score (nSPS) is 15.4. The first-order chi connectivity index (χ1) is 16.3. The molecule has 2 N–H and O–H groups in total. The van der Waals surface area contributed by atoms with Gasteiger partial charge in [0.15, 0.2) is 0 Å². The number of fused-ring (bicyclic) bond motifs is 1. The van der Waals surface area contributed by atoms with Crippen molar-refractivity contribution in [2.75, 3.05) is 0 Å². The van der Waals surface area contributed by atoms with Gasteiger partial charge in [-0.05, 0) is 54.2 Å². The number of rotatable bonds is 7. The van der Waals surface area contributed by atoms with Gasteiger partial charge >= 0.3 is 0 Å². The van der Waals surface area contributed by atoms with Crippen molar-refractivity contribution in [3.05, 3.63) is 119 Å². The maximum atomic E-state index is 5.81. The van der Waals surface area contributed by atoms with E-state index in [1.165, 1.54) is 28.8 Å². The van der Waals surface area contributed by atoms with Gasteiger partial charge in [0.25, 0.3) is 0 Å². The van der Waals surface area contributed by atoms with E-state index in [1.54, 1.807) is 0 Å². The van der Waals surface area contributed by atoms with Crippen molar-refractivity contribution < 1.29 is 0 Å². The molecule has 166 valence electrons. The van der Waals surface area contributed by atoms with Crippen LogP contribution in [0.25, 0.3) is 11.3 Å². The van der Waals surface area contributed by atoms with Gasteiger partial charge in [0.1, 0.15) is 0 Å². The van der Waals surface area contributed by atoms with Gasteiger partial charge in [0.05, 0.1) is 23.1 Å². The minimum Gasteiger partial charge on any atom is -0.326 e. The van der Waals surface area contributed by atoms with E-state index in [2.05, 4.69) is 88.7 Å². The fraction of sp³-hybridized carbons (Fsp3) is 0.241. The molecule has 4 nitrogen and oxygen atoms in total. The molecular weight excluding hydrogens is 404 g/mol. The Labute approximate surface area is 196 Å². The maximum absolute atomic E-state index is 5.81. The Morgan fingerprint density at radius 1 is 0.818 bits per heavy atom.